The van der Waals surface area contributed by atoms with Gasteiger partial charge in [-0.15, -0.1) is 0 Å². The van der Waals surface area contributed by atoms with Gasteiger partial charge in [0.25, 0.3) is 0 Å². The molecule has 3 aromatic rings. The van der Waals surface area contributed by atoms with E-state index in [1.807, 2.05) is 30.3 Å². The van der Waals surface area contributed by atoms with Crippen LogP contribution in [-0.4, -0.2) is 44.3 Å². The molecule has 2 aliphatic rings. The lowest BCUT2D eigenvalue weighted by Gasteiger charge is -2.32. The van der Waals surface area contributed by atoms with Crippen molar-refractivity contribution in [3.63, 3.8) is 0 Å². The second kappa shape index (κ2) is 9.53. The number of rotatable bonds is 7. The van der Waals surface area contributed by atoms with E-state index in [1.165, 1.54) is 24.1 Å². The molecule has 0 radical (unpaired) electrons. The van der Waals surface area contributed by atoms with E-state index in [0.29, 0.717) is 19.3 Å². The Balaban J connectivity index is 1.28. The number of fused-ring (bicyclic) bond motifs is 2. The van der Waals surface area contributed by atoms with Crippen molar-refractivity contribution in [3.05, 3.63) is 78.4 Å². The van der Waals surface area contributed by atoms with E-state index >= 15 is 0 Å². The summed E-state index contributed by atoms with van der Waals surface area (Å²) in [5.41, 5.74) is 3.63. The number of hydrogen-bond acceptors (Lipinski definition) is 5. The van der Waals surface area contributed by atoms with Crippen LogP contribution in [-0.2, 0) is 6.61 Å². The van der Waals surface area contributed by atoms with E-state index in [9.17, 15) is 0 Å². The topological polar surface area (TPSA) is 34.2 Å². The Hall–Kier alpha value is -3.18. The molecular weight excluding hydrogens is 400 g/mol. The molecule has 166 valence electrons. The second-order valence-electron chi connectivity index (χ2n) is 8.35. The van der Waals surface area contributed by atoms with Crippen LogP contribution in [0.15, 0.2) is 72.8 Å². The summed E-state index contributed by atoms with van der Waals surface area (Å²) in [6.45, 7) is 4.27. The Morgan fingerprint density at radius 3 is 2.50 bits per heavy atom. The highest BCUT2D eigenvalue weighted by Crippen LogP contribution is 2.40. The lowest BCUT2D eigenvalue weighted by Crippen LogP contribution is -2.40. The molecule has 5 nitrogen and oxygen atoms in total. The minimum atomic E-state index is 0.480. The quantitative estimate of drug-likeness (QED) is 0.510. The number of hydrogen-bond donors (Lipinski definition) is 0. The number of anilines is 2. The zero-order valence-corrected chi connectivity index (χ0v) is 18.6. The molecule has 0 saturated carbocycles. The van der Waals surface area contributed by atoms with Crippen LogP contribution < -0.4 is 19.1 Å². The fourth-order valence-corrected chi connectivity index (χ4v) is 4.74. The number of benzene rings is 3. The van der Waals surface area contributed by atoms with Crippen LogP contribution in [0.1, 0.15) is 18.4 Å². The summed E-state index contributed by atoms with van der Waals surface area (Å²) in [4.78, 5) is 5.02. The maximum atomic E-state index is 6.14. The Morgan fingerprint density at radius 2 is 1.66 bits per heavy atom. The first-order valence-electron chi connectivity index (χ1n) is 11.4. The van der Waals surface area contributed by atoms with Crippen molar-refractivity contribution in [3.8, 4) is 17.2 Å². The van der Waals surface area contributed by atoms with E-state index < -0.39 is 0 Å². The molecule has 1 fully saturated rings. The van der Waals surface area contributed by atoms with Gasteiger partial charge >= 0.3 is 0 Å². The Bertz CT molecular complexity index is 990. The zero-order chi connectivity index (χ0) is 21.8. The van der Waals surface area contributed by atoms with Crippen molar-refractivity contribution in [1.82, 2.24) is 4.90 Å². The number of nitrogens with zero attached hydrogens (tertiary/aromatic N) is 2. The standard InChI is InChI=1S/C27H30N2O3/c1-30-23-12-14-24(15-13-23)31-18-17-28-16-6-8-22(28)19-29-25-9-3-2-7-21(25)20-32-27-11-5-4-10-26(27)29/h2-5,7,9-15,22H,6,8,16-20H2,1H3. The van der Waals surface area contributed by atoms with Crippen LogP contribution in [0.3, 0.4) is 0 Å². The predicted molar refractivity (Wildman–Crippen MR) is 127 cm³/mol. The number of ether oxygens (including phenoxy) is 3. The van der Waals surface area contributed by atoms with Gasteiger partial charge in [0.05, 0.1) is 12.8 Å². The summed E-state index contributed by atoms with van der Waals surface area (Å²) in [5.74, 6) is 2.68. The van der Waals surface area contributed by atoms with Crippen LogP contribution in [0.25, 0.3) is 0 Å². The molecule has 1 unspecified atom stereocenters. The molecular formula is C27H30N2O3. The summed E-state index contributed by atoms with van der Waals surface area (Å²) in [7, 11) is 1.68. The second-order valence-corrected chi connectivity index (χ2v) is 8.35. The van der Waals surface area contributed by atoms with Gasteiger partial charge in [0.2, 0.25) is 0 Å². The average Bonchev–Trinajstić information content (AvgIpc) is 3.22. The molecule has 5 heteroatoms. The largest absolute Gasteiger partial charge is 0.497 e. The smallest absolute Gasteiger partial charge is 0.143 e. The van der Waals surface area contributed by atoms with Gasteiger partial charge in [-0.1, -0.05) is 30.3 Å². The van der Waals surface area contributed by atoms with Crippen molar-refractivity contribution in [2.24, 2.45) is 0 Å². The normalized spacial score (nSPS) is 17.8. The van der Waals surface area contributed by atoms with Gasteiger partial charge < -0.3 is 19.1 Å². The summed E-state index contributed by atoms with van der Waals surface area (Å²) in [6.07, 6.45) is 2.42. The molecule has 2 aliphatic heterocycles. The maximum Gasteiger partial charge on any atom is 0.143 e. The lowest BCUT2D eigenvalue weighted by atomic mass is 10.1. The van der Waals surface area contributed by atoms with Crippen LogP contribution in [0.2, 0.25) is 0 Å². The summed E-state index contributed by atoms with van der Waals surface area (Å²) in [5, 5.41) is 0. The highest BCUT2D eigenvalue weighted by molar-refractivity contribution is 5.72. The fraction of sp³-hybridized carbons (Fsp3) is 0.333. The van der Waals surface area contributed by atoms with Crippen LogP contribution in [0.4, 0.5) is 11.4 Å². The first-order chi connectivity index (χ1) is 15.8. The van der Waals surface area contributed by atoms with E-state index in [4.69, 9.17) is 14.2 Å². The predicted octanol–water partition coefficient (Wildman–Crippen LogP) is 5.27. The molecule has 0 spiro atoms. The van der Waals surface area contributed by atoms with Gasteiger partial charge in [0.15, 0.2) is 0 Å². The number of para-hydroxylation sites is 3. The molecule has 1 saturated heterocycles. The number of likely N-dealkylation sites (tertiary alicyclic amines) is 1. The minimum Gasteiger partial charge on any atom is -0.497 e. The summed E-state index contributed by atoms with van der Waals surface area (Å²) in [6, 6.07) is 25.3. The SMILES string of the molecule is COc1ccc(OCCN2CCCC2CN2c3ccccc3COc3ccccc32)cc1. The van der Waals surface area contributed by atoms with Crippen molar-refractivity contribution in [2.45, 2.75) is 25.5 Å². The number of methoxy groups -OCH3 is 1. The van der Waals surface area contributed by atoms with Gasteiger partial charge in [-0.2, -0.15) is 0 Å². The molecule has 0 bridgehead atoms. The van der Waals surface area contributed by atoms with Gasteiger partial charge in [-0.05, 0) is 61.9 Å². The molecule has 1 atom stereocenters. The molecule has 3 aromatic carbocycles. The van der Waals surface area contributed by atoms with E-state index in [2.05, 4.69) is 52.3 Å². The Labute approximate surface area is 190 Å². The third kappa shape index (κ3) is 4.39. The first kappa shape index (κ1) is 20.7. The lowest BCUT2D eigenvalue weighted by molar-refractivity contribution is 0.199. The third-order valence-electron chi connectivity index (χ3n) is 6.42. The molecule has 0 aliphatic carbocycles. The van der Waals surface area contributed by atoms with Gasteiger partial charge in [0.1, 0.15) is 30.5 Å². The monoisotopic (exact) mass is 430 g/mol. The third-order valence-corrected chi connectivity index (χ3v) is 6.42. The molecule has 0 aromatic heterocycles. The molecule has 5 rings (SSSR count). The molecule has 2 heterocycles. The van der Waals surface area contributed by atoms with Gasteiger partial charge in [-0.3, -0.25) is 4.90 Å². The van der Waals surface area contributed by atoms with Crippen molar-refractivity contribution in [2.75, 3.05) is 38.3 Å². The summed E-state index contributed by atoms with van der Waals surface area (Å²) >= 11 is 0. The average molecular weight is 431 g/mol. The van der Waals surface area contributed by atoms with Crippen LogP contribution in [0.5, 0.6) is 17.2 Å². The van der Waals surface area contributed by atoms with E-state index in [1.54, 1.807) is 7.11 Å². The van der Waals surface area contributed by atoms with Crippen LogP contribution >= 0.6 is 0 Å². The minimum absolute atomic E-state index is 0.480. The van der Waals surface area contributed by atoms with Crippen molar-refractivity contribution >= 4 is 11.4 Å². The molecule has 0 amide bonds. The van der Waals surface area contributed by atoms with Crippen LogP contribution in [0, 0.1) is 0 Å². The van der Waals surface area contributed by atoms with Crippen molar-refractivity contribution < 1.29 is 14.2 Å². The van der Waals surface area contributed by atoms with E-state index in [-0.39, 0.29) is 0 Å². The maximum absolute atomic E-state index is 6.14. The summed E-state index contributed by atoms with van der Waals surface area (Å²) < 4.78 is 17.4. The fourth-order valence-electron chi connectivity index (χ4n) is 4.74. The molecule has 32 heavy (non-hydrogen) atoms. The van der Waals surface area contributed by atoms with Gasteiger partial charge in [0, 0.05) is 30.4 Å². The van der Waals surface area contributed by atoms with E-state index in [0.717, 1.165) is 42.6 Å². The Kier molecular flexibility index (Phi) is 6.17. The van der Waals surface area contributed by atoms with Gasteiger partial charge in [-0.25, -0.2) is 0 Å². The Morgan fingerprint density at radius 1 is 0.906 bits per heavy atom. The highest BCUT2D eigenvalue weighted by Gasteiger charge is 2.29. The highest BCUT2D eigenvalue weighted by atomic mass is 16.5. The first-order valence-corrected chi connectivity index (χ1v) is 11.4. The van der Waals surface area contributed by atoms with Crippen molar-refractivity contribution in [1.29, 1.82) is 0 Å². The zero-order valence-electron chi connectivity index (χ0n) is 18.6. The molecule has 0 N–H and O–H groups in total.